The fourth-order valence-corrected chi connectivity index (χ4v) is 3.71. The van der Waals surface area contributed by atoms with Crippen molar-refractivity contribution in [2.45, 2.75) is 44.8 Å². The lowest BCUT2D eigenvalue weighted by molar-refractivity contribution is -0.153. The molecule has 3 aromatic carbocycles. The van der Waals surface area contributed by atoms with Gasteiger partial charge in [-0.25, -0.2) is 4.79 Å². The molecular weight excluding hydrogens is 386 g/mol. The molecule has 0 bridgehead atoms. The summed E-state index contributed by atoms with van der Waals surface area (Å²) in [5.41, 5.74) is 2.00. The summed E-state index contributed by atoms with van der Waals surface area (Å²) in [6.07, 6.45) is 2.11. The van der Waals surface area contributed by atoms with Gasteiger partial charge in [-0.3, -0.25) is 0 Å². The largest absolute Gasteiger partial charge is 0.497 e. The molecule has 0 saturated heterocycles. The summed E-state index contributed by atoms with van der Waals surface area (Å²) in [7, 11) is 1.64. The van der Waals surface area contributed by atoms with E-state index >= 15 is 0 Å². The maximum atomic E-state index is 13.5. The minimum Gasteiger partial charge on any atom is -0.497 e. The van der Waals surface area contributed by atoms with Crippen molar-refractivity contribution in [1.29, 1.82) is 0 Å². The first kappa shape index (κ1) is 22.4. The Hall–Kier alpha value is -3.27. The Morgan fingerprint density at radius 1 is 0.903 bits per heavy atom. The molecule has 0 amide bonds. The fourth-order valence-electron chi connectivity index (χ4n) is 3.71. The molecule has 0 unspecified atom stereocenters. The third-order valence-electron chi connectivity index (χ3n) is 5.27. The normalized spacial score (nSPS) is 12.8. The van der Waals surface area contributed by atoms with Crippen LogP contribution in [0.5, 0.6) is 5.75 Å². The van der Waals surface area contributed by atoms with Crippen LogP contribution in [-0.4, -0.2) is 19.2 Å². The van der Waals surface area contributed by atoms with E-state index in [2.05, 4.69) is 17.4 Å². The van der Waals surface area contributed by atoms with Crippen molar-refractivity contribution < 1.29 is 14.3 Å². The summed E-state index contributed by atoms with van der Waals surface area (Å²) >= 11 is 0. The molecule has 0 spiro atoms. The molecule has 0 fully saturated rings. The van der Waals surface area contributed by atoms with E-state index in [9.17, 15) is 4.79 Å². The molecule has 4 heteroatoms. The Morgan fingerprint density at radius 2 is 1.52 bits per heavy atom. The molecule has 0 heterocycles. The van der Waals surface area contributed by atoms with Gasteiger partial charge >= 0.3 is 5.97 Å². The van der Waals surface area contributed by atoms with Gasteiger partial charge in [-0.1, -0.05) is 60.7 Å². The lowest BCUT2D eigenvalue weighted by Crippen LogP contribution is -2.45. The SMILES string of the molecule is COc1ccc(N[C@](CCCc2ccccc2)(C(=O)OC(C)C)c2ccccc2)cc1. The van der Waals surface area contributed by atoms with Crippen LogP contribution in [-0.2, 0) is 21.5 Å². The third kappa shape index (κ3) is 5.88. The molecule has 1 N–H and O–H groups in total. The average molecular weight is 418 g/mol. The zero-order valence-corrected chi connectivity index (χ0v) is 18.5. The number of hydrogen-bond acceptors (Lipinski definition) is 4. The van der Waals surface area contributed by atoms with E-state index in [1.165, 1.54) is 5.56 Å². The van der Waals surface area contributed by atoms with Crippen LogP contribution in [0.4, 0.5) is 5.69 Å². The van der Waals surface area contributed by atoms with Crippen LogP contribution < -0.4 is 10.1 Å². The summed E-state index contributed by atoms with van der Waals surface area (Å²) in [5.74, 6) is 0.502. The minimum absolute atomic E-state index is 0.206. The second kappa shape index (κ2) is 10.7. The van der Waals surface area contributed by atoms with E-state index in [0.29, 0.717) is 6.42 Å². The molecule has 162 valence electrons. The Balaban J connectivity index is 1.95. The van der Waals surface area contributed by atoms with Crippen molar-refractivity contribution in [2.75, 3.05) is 12.4 Å². The van der Waals surface area contributed by atoms with Gasteiger partial charge in [-0.2, -0.15) is 0 Å². The van der Waals surface area contributed by atoms with Crippen LogP contribution in [0.2, 0.25) is 0 Å². The number of nitrogens with one attached hydrogen (secondary N) is 1. The number of aryl methyl sites for hydroxylation is 1. The number of ether oxygens (including phenoxy) is 2. The van der Waals surface area contributed by atoms with E-state index in [1.807, 2.05) is 86.6 Å². The maximum absolute atomic E-state index is 13.5. The molecule has 3 aromatic rings. The van der Waals surface area contributed by atoms with E-state index in [1.54, 1.807) is 7.11 Å². The highest BCUT2D eigenvalue weighted by Crippen LogP contribution is 2.34. The minimum atomic E-state index is -0.991. The number of benzene rings is 3. The average Bonchev–Trinajstić information content (AvgIpc) is 2.79. The van der Waals surface area contributed by atoms with Gasteiger partial charge in [0.05, 0.1) is 13.2 Å². The number of methoxy groups -OCH3 is 1. The van der Waals surface area contributed by atoms with Crippen LogP contribution in [0.3, 0.4) is 0 Å². The third-order valence-corrected chi connectivity index (χ3v) is 5.27. The van der Waals surface area contributed by atoms with Gasteiger partial charge < -0.3 is 14.8 Å². The molecule has 31 heavy (non-hydrogen) atoms. The second-order valence-electron chi connectivity index (χ2n) is 7.92. The first-order valence-corrected chi connectivity index (χ1v) is 10.8. The van der Waals surface area contributed by atoms with E-state index in [4.69, 9.17) is 9.47 Å². The zero-order valence-electron chi connectivity index (χ0n) is 18.5. The zero-order chi connectivity index (χ0) is 22.1. The molecule has 3 rings (SSSR count). The quantitative estimate of drug-likeness (QED) is 0.412. The van der Waals surface area contributed by atoms with Gasteiger partial charge in [-0.15, -0.1) is 0 Å². The molecule has 0 saturated carbocycles. The highest BCUT2D eigenvalue weighted by Gasteiger charge is 2.42. The van der Waals surface area contributed by atoms with Gasteiger partial charge in [0.1, 0.15) is 5.75 Å². The Kier molecular flexibility index (Phi) is 7.71. The number of esters is 1. The van der Waals surface area contributed by atoms with E-state index in [0.717, 1.165) is 29.8 Å². The van der Waals surface area contributed by atoms with Gasteiger partial charge in [0.2, 0.25) is 0 Å². The Bertz CT molecular complexity index is 939. The van der Waals surface area contributed by atoms with Gasteiger partial charge in [0.25, 0.3) is 0 Å². The maximum Gasteiger partial charge on any atom is 0.336 e. The highest BCUT2D eigenvalue weighted by molar-refractivity contribution is 5.86. The molecule has 4 nitrogen and oxygen atoms in total. The smallest absolute Gasteiger partial charge is 0.336 e. The topological polar surface area (TPSA) is 47.6 Å². The van der Waals surface area contributed by atoms with Crippen molar-refractivity contribution in [3.05, 3.63) is 96.1 Å². The summed E-state index contributed by atoms with van der Waals surface area (Å²) in [6.45, 7) is 3.76. The van der Waals surface area contributed by atoms with E-state index in [-0.39, 0.29) is 12.1 Å². The molecule has 0 aliphatic carbocycles. The van der Waals surface area contributed by atoms with Crippen LogP contribution in [0.25, 0.3) is 0 Å². The van der Waals surface area contributed by atoms with Crippen LogP contribution in [0.15, 0.2) is 84.9 Å². The lowest BCUT2D eigenvalue weighted by Gasteiger charge is -2.35. The van der Waals surface area contributed by atoms with Crippen LogP contribution in [0.1, 0.15) is 37.8 Å². The first-order valence-electron chi connectivity index (χ1n) is 10.8. The number of hydrogen-bond donors (Lipinski definition) is 1. The molecule has 0 aromatic heterocycles. The number of carbonyl (C=O) groups excluding carboxylic acids is 1. The molecule has 0 aliphatic heterocycles. The molecular formula is C27H31NO3. The van der Waals surface area contributed by atoms with Gasteiger partial charge in [0, 0.05) is 5.69 Å². The monoisotopic (exact) mass is 417 g/mol. The predicted octanol–water partition coefficient (Wildman–Crippen LogP) is 5.98. The summed E-state index contributed by atoms with van der Waals surface area (Å²) < 4.78 is 11.0. The molecule has 0 aliphatic rings. The van der Waals surface area contributed by atoms with Gasteiger partial charge in [0.15, 0.2) is 5.54 Å². The number of rotatable bonds is 10. The Labute approximate surface area is 185 Å². The summed E-state index contributed by atoms with van der Waals surface area (Å²) in [6, 6.07) is 27.8. The fraction of sp³-hybridized carbons (Fsp3) is 0.296. The van der Waals surface area contributed by atoms with Crippen molar-refractivity contribution in [3.8, 4) is 5.75 Å². The number of anilines is 1. The second-order valence-corrected chi connectivity index (χ2v) is 7.92. The number of carbonyl (C=O) groups is 1. The standard InChI is InChI=1S/C27H31NO3/c1-21(2)31-26(29)27(23-14-8-5-9-15-23,20-10-13-22-11-6-4-7-12-22)28-24-16-18-25(30-3)19-17-24/h4-9,11-12,14-19,21,28H,10,13,20H2,1-3H3/t27-/m0/s1. The molecule has 0 radical (unpaired) electrons. The van der Waals surface area contributed by atoms with Crippen molar-refractivity contribution in [2.24, 2.45) is 0 Å². The highest BCUT2D eigenvalue weighted by atomic mass is 16.5. The van der Waals surface area contributed by atoms with Crippen LogP contribution >= 0.6 is 0 Å². The van der Waals surface area contributed by atoms with Crippen molar-refractivity contribution in [3.63, 3.8) is 0 Å². The summed E-state index contributed by atoms with van der Waals surface area (Å²) in [4.78, 5) is 13.5. The molecule has 1 atom stereocenters. The van der Waals surface area contributed by atoms with E-state index < -0.39 is 5.54 Å². The van der Waals surface area contributed by atoms with Crippen molar-refractivity contribution >= 4 is 11.7 Å². The summed E-state index contributed by atoms with van der Waals surface area (Å²) in [5, 5.41) is 3.52. The Morgan fingerprint density at radius 3 is 2.10 bits per heavy atom. The lowest BCUT2D eigenvalue weighted by atomic mass is 9.83. The predicted molar refractivity (Wildman–Crippen MR) is 125 cm³/mol. The van der Waals surface area contributed by atoms with Crippen LogP contribution in [0, 0.1) is 0 Å². The van der Waals surface area contributed by atoms with Gasteiger partial charge in [-0.05, 0) is 68.5 Å². The first-order chi connectivity index (χ1) is 15.0. The van der Waals surface area contributed by atoms with Crippen molar-refractivity contribution in [1.82, 2.24) is 0 Å².